The van der Waals surface area contributed by atoms with Gasteiger partial charge in [-0.1, -0.05) is 33.8 Å². The Morgan fingerprint density at radius 3 is 2.50 bits per heavy atom. The summed E-state index contributed by atoms with van der Waals surface area (Å²) in [6, 6.07) is 6.59. The smallest absolute Gasteiger partial charge is 0.127 e. The van der Waals surface area contributed by atoms with Crippen LogP contribution in [0.3, 0.4) is 0 Å². The largest absolute Gasteiger partial charge is 0.493 e. The van der Waals surface area contributed by atoms with E-state index in [1.165, 1.54) is 5.56 Å². The molecule has 3 heteroatoms. The second-order valence-corrected chi connectivity index (χ2v) is 5.49. The lowest BCUT2D eigenvalue weighted by molar-refractivity contribution is 0.213. The molecular formula is C17H29NO2. The molecule has 1 aromatic carbocycles. The minimum absolute atomic E-state index is 0.217. The van der Waals surface area contributed by atoms with Crippen molar-refractivity contribution in [2.75, 3.05) is 6.61 Å². The van der Waals surface area contributed by atoms with Crippen LogP contribution in [-0.4, -0.2) is 18.8 Å². The molecule has 3 nitrogen and oxygen atoms in total. The molecule has 0 amide bonds. The standard InChI is InChI=1S/C17H29NO2/c1-6-10-19-16-9-8-15(12-18-13(3)4)17(11-16)20-14(5)7-2/h8-9,11,13-14,18H,6-7,10,12H2,1-5H3. The first-order chi connectivity index (χ1) is 9.56. The molecule has 0 spiro atoms. The average Bonchev–Trinajstić information content (AvgIpc) is 2.43. The van der Waals surface area contributed by atoms with E-state index in [-0.39, 0.29) is 6.10 Å². The molecule has 1 aromatic rings. The van der Waals surface area contributed by atoms with E-state index in [0.717, 1.165) is 37.5 Å². The van der Waals surface area contributed by atoms with Crippen molar-refractivity contribution < 1.29 is 9.47 Å². The molecule has 0 heterocycles. The summed E-state index contributed by atoms with van der Waals surface area (Å²) in [5.74, 6) is 1.82. The van der Waals surface area contributed by atoms with Gasteiger partial charge in [0.2, 0.25) is 0 Å². The molecule has 0 aromatic heterocycles. The summed E-state index contributed by atoms with van der Waals surface area (Å²) in [5, 5.41) is 3.44. The third-order valence-corrected chi connectivity index (χ3v) is 3.12. The molecule has 1 atom stereocenters. The molecule has 0 aliphatic carbocycles. The van der Waals surface area contributed by atoms with Gasteiger partial charge in [-0.2, -0.15) is 0 Å². The molecule has 114 valence electrons. The lowest BCUT2D eigenvalue weighted by atomic mass is 10.1. The van der Waals surface area contributed by atoms with E-state index >= 15 is 0 Å². The molecule has 0 saturated heterocycles. The second-order valence-electron chi connectivity index (χ2n) is 5.49. The van der Waals surface area contributed by atoms with E-state index in [1.54, 1.807) is 0 Å². The van der Waals surface area contributed by atoms with Gasteiger partial charge in [0.25, 0.3) is 0 Å². The van der Waals surface area contributed by atoms with Crippen LogP contribution in [0, 0.1) is 0 Å². The third-order valence-electron chi connectivity index (χ3n) is 3.12. The van der Waals surface area contributed by atoms with Crippen LogP contribution in [0.1, 0.15) is 53.0 Å². The van der Waals surface area contributed by atoms with Crippen LogP contribution < -0.4 is 14.8 Å². The first-order valence-electron chi connectivity index (χ1n) is 7.72. The fourth-order valence-electron chi connectivity index (χ4n) is 1.71. The van der Waals surface area contributed by atoms with Crippen molar-refractivity contribution in [3.63, 3.8) is 0 Å². The van der Waals surface area contributed by atoms with Gasteiger partial charge in [0.1, 0.15) is 11.5 Å². The van der Waals surface area contributed by atoms with E-state index in [1.807, 2.05) is 12.1 Å². The van der Waals surface area contributed by atoms with Gasteiger partial charge < -0.3 is 14.8 Å². The highest BCUT2D eigenvalue weighted by molar-refractivity contribution is 5.41. The zero-order valence-electron chi connectivity index (χ0n) is 13.5. The SMILES string of the molecule is CCCOc1ccc(CNC(C)C)c(OC(C)CC)c1. The van der Waals surface area contributed by atoms with Crippen molar-refractivity contribution in [1.29, 1.82) is 0 Å². The minimum Gasteiger partial charge on any atom is -0.493 e. The van der Waals surface area contributed by atoms with Crippen LogP contribution in [0.5, 0.6) is 11.5 Å². The molecule has 0 saturated carbocycles. The molecule has 1 N–H and O–H groups in total. The fraction of sp³-hybridized carbons (Fsp3) is 0.647. The molecule has 1 unspecified atom stereocenters. The van der Waals surface area contributed by atoms with Crippen molar-refractivity contribution >= 4 is 0 Å². The predicted octanol–water partition coefficient (Wildman–Crippen LogP) is 4.15. The van der Waals surface area contributed by atoms with Gasteiger partial charge in [-0.25, -0.2) is 0 Å². The summed E-state index contributed by atoms with van der Waals surface area (Å²) in [6.45, 7) is 12.2. The Bertz CT molecular complexity index is 391. The van der Waals surface area contributed by atoms with Gasteiger partial charge in [-0.15, -0.1) is 0 Å². The topological polar surface area (TPSA) is 30.5 Å². The maximum absolute atomic E-state index is 6.03. The number of benzene rings is 1. The maximum Gasteiger partial charge on any atom is 0.127 e. The molecule has 1 rings (SSSR count). The van der Waals surface area contributed by atoms with Crippen molar-refractivity contribution in [2.45, 2.75) is 66.2 Å². The third kappa shape index (κ3) is 5.83. The Labute approximate surface area is 123 Å². The van der Waals surface area contributed by atoms with Gasteiger partial charge in [0.05, 0.1) is 12.7 Å². The monoisotopic (exact) mass is 279 g/mol. The van der Waals surface area contributed by atoms with Crippen molar-refractivity contribution in [2.24, 2.45) is 0 Å². The van der Waals surface area contributed by atoms with Crippen LogP contribution >= 0.6 is 0 Å². The molecule has 20 heavy (non-hydrogen) atoms. The van der Waals surface area contributed by atoms with Crippen LogP contribution in [-0.2, 0) is 6.54 Å². The van der Waals surface area contributed by atoms with Gasteiger partial charge in [-0.05, 0) is 25.8 Å². The highest BCUT2D eigenvalue weighted by Gasteiger charge is 2.09. The summed E-state index contributed by atoms with van der Waals surface area (Å²) in [5.41, 5.74) is 1.18. The summed E-state index contributed by atoms with van der Waals surface area (Å²) in [4.78, 5) is 0. The van der Waals surface area contributed by atoms with Crippen LogP contribution in [0.15, 0.2) is 18.2 Å². The zero-order valence-corrected chi connectivity index (χ0v) is 13.5. The van der Waals surface area contributed by atoms with E-state index in [4.69, 9.17) is 9.47 Å². The Balaban J connectivity index is 2.84. The summed E-state index contributed by atoms with van der Waals surface area (Å²) < 4.78 is 11.7. The number of ether oxygens (including phenoxy) is 2. The van der Waals surface area contributed by atoms with Gasteiger partial charge >= 0.3 is 0 Å². The maximum atomic E-state index is 6.03. The van der Waals surface area contributed by atoms with E-state index in [9.17, 15) is 0 Å². The lowest BCUT2D eigenvalue weighted by Crippen LogP contribution is -2.22. The highest BCUT2D eigenvalue weighted by Crippen LogP contribution is 2.26. The van der Waals surface area contributed by atoms with Gasteiger partial charge in [-0.3, -0.25) is 0 Å². The van der Waals surface area contributed by atoms with E-state index in [0.29, 0.717) is 6.04 Å². The number of rotatable bonds is 9. The minimum atomic E-state index is 0.217. The highest BCUT2D eigenvalue weighted by atomic mass is 16.5. The molecule has 0 aliphatic rings. The van der Waals surface area contributed by atoms with Gasteiger partial charge in [0, 0.05) is 24.2 Å². The van der Waals surface area contributed by atoms with Crippen molar-refractivity contribution in [1.82, 2.24) is 5.32 Å². The Kier molecular flexibility index (Phi) is 7.45. The summed E-state index contributed by atoms with van der Waals surface area (Å²) in [6.07, 6.45) is 2.23. The Hall–Kier alpha value is -1.22. The molecule has 0 bridgehead atoms. The molecular weight excluding hydrogens is 250 g/mol. The van der Waals surface area contributed by atoms with Crippen LogP contribution in [0.2, 0.25) is 0 Å². The normalized spacial score (nSPS) is 12.5. The summed E-state index contributed by atoms with van der Waals surface area (Å²) >= 11 is 0. The number of nitrogens with one attached hydrogen (secondary N) is 1. The van der Waals surface area contributed by atoms with Crippen molar-refractivity contribution in [3.05, 3.63) is 23.8 Å². The first kappa shape index (κ1) is 16.8. The van der Waals surface area contributed by atoms with E-state index < -0.39 is 0 Å². The number of hydrogen-bond donors (Lipinski definition) is 1. The van der Waals surface area contributed by atoms with Crippen LogP contribution in [0.25, 0.3) is 0 Å². The molecule has 0 fully saturated rings. The molecule has 0 aliphatic heterocycles. The van der Waals surface area contributed by atoms with Gasteiger partial charge in [0.15, 0.2) is 0 Å². The second kappa shape index (κ2) is 8.85. The van der Waals surface area contributed by atoms with E-state index in [2.05, 4.69) is 46.0 Å². The van der Waals surface area contributed by atoms with Crippen molar-refractivity contribution in [3.8, 4) is 11.5 Å². The predicted molar refractivity (Wildman–Crippen MR) is 84.6 cm³/mol. The summed E-state index contributed by atoms with van der Waals surface area (Å²) in [7, 11) is 0. The quantitative estimate of drug-likeness (QED) is 0.736. The Morgan fingerprint density at radius 2 is 1.90 bits per heavy atom. The first-order valence-corrected chi connectivity index (χ1v) is 7.72. The number of hydrogen-bond acceptors (Lipinski definition) is 3. The average molecular weight is 279 g/mol. The zero-order chi connectivity index (χ0) is 15.0. The molecule has 0 radical (unpaired) electrons. The van der Waals surface area contributed by atoms with Crippen LogP contribution in [0.4, 0.5) is 0 Å². The fourth-order valence-corrected chi connectivity index (χ4v) is 1.71. The lowest BCUT2D eigenvalue weighted by Gasteiger charge is -2.18. The Morgan fingerprint density at radius 1 is 1.15 bits per heavy atom.